The highest BCUT2D eigenvalue weighted by Crippen LogP contribution is 2.32. The maximum Gasteiger partial charge on any atom is 0.293 e. The second kappa shape index (κ2) is 9.32. The Kier molecular flexibility index (Phi) is 6.60. The molecule has 0 unspecified atom stereocenters. The molecule has 2 aromatic carbocycles. The van der Waals surface area contributed by atoms with E-state index < -0.39 is 4.92 Å². The van der Waals surface area contributed by atoms with Crippen molar-refractivity contribution in [1.29, 1.82) is 0 Å². The number of nitro groups is 1. The maximum atomic E-state index is 13.1. The quantitative estimate of drug-likeness (QED) is 0.559. The van der Waals surface area contributed by atoms with E-state index >= 15 is 0 Å². The summed E-state index contributed by atoms with van der Waals surface area (Å²) in [6.45, 7) is 3.05. The molecule has 1 fully saturated rings. The van der Waals surface area contributed by atoms with Crippen LogP contribution in [-0.4, -0.2) is 41.9 Å². The first-order chi connectivity index (χ1) is 13.6. The number of hydrogen-bond donors (Lipinski definition) is 1. The Morgan fingerprint density at radius 3 is 2.50 bits per heavy atom. The summed E-state index contributed by atoms with van der Waals surface area (Å²) in [6.07, 6.45) is 2.73. The van der Waals surface area contributed by atoms with E-state index in [0.717, 1.165) is 31.5 Å². The summed E-state index contributed by atoms with van der Waals surface area (Å²) in [7, 11) is 0. The predicted octanol–water partition coefficient (Wildman–Crippen LogP) is 3.19. The Bertz CT molecular complexity index is 820. The zero-order valence-corrected chi connectivity index (χ0v) is 15.9. The van der Waals surface area contributed by atoms with Crippen LogP contribution in [-0.2, 0) is 6.54 Å². The summed E-state index contributed by atoms with van der Waals surface area (Å²) >= 11 is 0. The average Bonchev–Trinajstić information content (AvgIpc) is 3.25. The van der Waals surface area contributed by atoms with Crippen LogP contribution in [0.3, 0.4) is 0 Å². The summed E-state index contributed by atoms with van der Waals surface area (Å²) in [5.41, 5.74) is 7.56. The fourth-order valence-corrected chi connectivity index (χ4v) is 3.55. The standard InChI is InChI=1S/C21H26N4O3/c22-11-6-14-24(16-17-7-2-1-3-8-17)21(26)18-9-10-19(20(15-18)25(27)28)23-12-4-5-13-23/h1-3,7-10,15H,4-6,11-14,16,22H2. The third-order valence-electron chi connectivity index (χ3n) is 5.00. The second-order valence-electron chi connectivity index (χ2n) is 7.01. The molecule has 1 aliphatic rings. The highest BCUT2D eigenvalue weighted by Gasteiger charge is 2.25. The van der Waals surface area contributed by atoms with Crippen LogP contribution in [0.4, 0.5) is 11.4 Å². The summed E-state index contributed by atoms with van der Waals surface area (Å²) in [6, 6.07) is 14.5. The van der Waals surface area contributed by atoms with Crippen molar-refractivity contribution in [2.24, 2.45) is 5.73 Å². The molecule has 7 nitrogen and oxygen atoms in total. The van der Waals surface area contributed by atoms with Gasteiger partial charge in [-0.25, -0.2) is 0 Å². The van der Waals surface area contributed by atoms with Gasteiger partial charge >= 0.3 is 0 Å². The summed E-state index contributed by atoms with van der Waals surface area (Å²) in [5.74, 6) is -0.214. The summed E-state index contributed by atoms with van der Waals surface area (Å²) in [4.78, 5) is 28.1. The molecular formula is C21H26N4O3. The first-order valence-electron chi connectivity index (χ1n) is 9.67. The van der Waals surface area contributed by atoms with Gasteiger partial charge in [-0.3, -0.25) is 14.9 Å². The van der Waals surface area contributed by atoms with Gasteiger partial charge in [-0.2, -0.15) is 0 Å². The van der Waals surface area contributed by atoms with E-state index in [1.165, 1.54) is 6.07 Å². The molecule has 0 radical (unpaired) electrons. The molecular weight excluding hydrogens is 356 g/mol. The smallest absolute Gasteiger partial charge is 0.293 e. The molecule has 28 heavy (non-hydrogen) atoms. The van der Waals surface area contributed by atoms with E-state index in [2.05, 4.69) is 0 Å². The molecule has 1 heterocycles. The van der Waals surface area contributed by atoms with Crippen molar-refractivity contribution in [3.63, 3.8) is 0 Å². The van der Waals surface area contributed by atoms with Gasteiger partial charge in [0.15, 0.2) is 0 Å². The predicted molar refractivity (Wildman–Crippen MR) is 109 cm³/mol. The Morgan fingerprint density at radius 2 is 1.86 bits per heavy atom. The molecule has 148 valence electrons. The zero-order chi connectivity index (χ0) is 19.9. The van der Waals surface area contributed by atoms with Gasteiger partial charge in [-0.1, -0.05) is 30.3 Å². The van der Waals surface area contributed by atoms with Gasteiger partial charge in [0.2, 0.25) is 0 Å². The molecule has 7 heteroatoms. The molecule has 2 aromatic rings. The molecule has 3 rings (SSSR count). The number of nitrogens with zero attached hydrogens (tertiary/aromatic N) is 3. The van der Waals surface area contributed by atoms with Crippen LogP contribution in [0.25, 0.3) is 0 Å². The molecule has 0 aliphatic carbocycles. The molecule has 2 N–H and O–H groups in total. The number of nitro benzene ring substituents is 1. The third-order valence-corrected chi connectivity index (χ3v) is 5.00. The van der Waals surface area contributed by atoms with Gasteiger partial charge in [0.1, 0.15) is 5.69 Å². The largest absolute Gasteiger partial charge is 0.366 e. The molecule has 1 amide bonds. The maximum absolute atomic E-state index is 13.1. The lowest BCUT2D eigenvalue weighted by Gasteiger charge is -2.23. The molecule has 0 aromatic heterocycles. The Labute approximate surface area is 164 Å². The minimum atomic E-state index is -0.397. The Balaban J connectivity index is 1.86. The van der Waals surface area contributed by atoms with Gasteiger partial charge < -0.3 is 15.5 Å². The number of anilines is 1. The first kappa shape index (κ1) is 19.8. The topological polar surface area (TPSA) is 92.7 Å². The fraction of sp³-hybridized carbons (Fsp3) is 0.381. The van der Waals surface area contributed by atoms with Crippen LogP contribution in [0, 0.1) is 10.1 Å². The van der Waals surface area contributed by atoms with Crippen molar-refractivity contribution in [3.8, 4) is 0 Å². The molecule has 0 spiro atoms. The zero-order valence-electron chi connectivity index (χ0n) is 15.9. The van der Waals surface area contributed by atoms with Crippen LogP contribution >= 0.6 is 0 Å². The lowest BCUT2D eigenvalue weighted by Crippen LogP contribution is -2.32. The number of carbonyl (C=O) groups is 1. The highest BCUT2D eigenvalue weighted by molar-refractivity contribution is 5.95. The Hall–Kier alpha value is -2.93. The monoisotopic (exact) mass is 382 g/mol. The van der Waals surface area contributed by atoms with Crippen LogP contribution < -0.4 is 10.6 Å². The number of benzene rings is 2. The minimum Gasteiger partial charge on any atom is -0.366 e. The molecule has 1 aliphatic heterocycles. The average molecular weight is 382 g/mol. The van der Waals surface area contributed by atoms with Crippen molar-refractivity contribution in [3.05, 3.63) is 69.8 Å². The molecule has 0 atom stereocenters. The van der Waals surface area contributed by atoms with Crippen molar-refractivity contribution in [2.75, 3.05) is 31.1 Å². The fourth-order valence-electron chi connectivity index (χ4n) is 3.55. The van der Waals surface area contributed by atoms with Crippen LogP contribution in [0.15, 0.2) is 48.5 Å². The van der Waals surface area contributed by atoms with Crippen molar-refractivity contribution < 1.29 is 9.72 Å². The van der Waals surface area contributed by atoms with Gasteiger partial charge in [-0.05, 0) is 43.5 Å². The van der Waals surface area contributed by atoms with Crippen molar-refractivity contribution in [1.82, 2.24) is 4.90 Å². The summed E-state index contributed by atoms with van der Waals surface area (Å²) in [5, 5.41) is 11.6. The minimum absolute atomic E-state index is 0.00811. The van der Waals surface area contributed by atoms with E-state index in [1.807, 2.05) is 35.2 Å². The normalized spacial score (nSPS) is 13.5. The number of hydrogen-bond acceptors (Lipinski definition) is 5. The first-order valence-corrected chi connectivity index (χ1v) is 9.67. The van der Waals surface area contributed by atoms with Crippen LogP contribution in [0.2, 0.25) is 0 Å². The van der Waals surface area contributed by atoms with Crippen LogP contribution in [0.5, 0.6) is 0 Å². The highest BCUT2D eigenvalue weighted by atomic mass is 16.6. The Morgan fingerprint density at radius 1 is 1.14 bits per heavy atom. The number of rotatable bonds is 8. The lowest BCUT2D eigenvalue weighted by molar-refractivity contribution is -0.384. The molecule has 1 saturated heterocycles. The van der Waals surface area contributed by atoms with Gasteiger partial charge in [0.05, 0.1) is 4.92 Å². The van der Waals surface area contributed by atoms with Crippen molar-refractivity contribution >= 4 is 17.3 Å². The van der Waals surface area contributed by atoms with Gasteiger partial charge in [-0.15, -0.1) is 0 Å². The van der Waals surface area contributed by atoms with E-state index in [0.29, 0.717) is 37.3 Å². The van der Waals surface area contributed by atoms with E-state index in [9.17, 15) is 14.9 Å². The summed E-state index contributed by atoms with van der Waals surface area (Å²) < 4.78 is 0. The number of carbonyl (C=O) groups excluding carboxylic acids is 1. The molecule has 0 bridgehead atoms. The van der Waals surface area contributed by atoms with E-state index in [-0.39, 0.29) is 11.6 Å². The second-order valence-corrected chi connectivity index (χ2v) is 7.01. The van der Waals surface area contributed by atoms with Crippen LogP contribution in [0.1, 0.15) is 35.2 Å². The molecule has 0 saturated carbocycles. The SMILES string of the molecule is NCCCN(Cc1ccccc1)C(=O)c1ccc(N2CCCC2)c([N+](=O)[O-])c1. The lowest BCUT2D eigenvalue weighted by atomic mass is 10.1. The third kappa shape index (κ3) is 4.67. The van der Waals surface area contributed by atoms with Gasteiger partial charge in [0, 0.05) is 37.8 Å². The number of amides is 1. The van der Waals surface area contributed by atoms with Crippen molar-refractivity contribution in [2.45, 2.75) is 25.8 Å². The number of nitrogens with two attached hydrogens (primary N) is 1. The van der Waals surface area contributed by atoms with Gasteiger partial charge in [0.25, 0.3) is 11.6 Å². The van der Waals surface area contributed by atoms with E-state index in [4.69, 9.17) is 5.73 Å². The van der Waals surface area contributed by atoms with E-state index in [1.54, 1.807) is 17.0 Å².